The van der Waals surface area contributed by atoms with Gasteiger partial charge in [-0.2, -0.15) is 0 Å². The molecule has 0 bridgehead atoms. The van der Waals surface area contributed by atoms with Crippen LogP contribution in [0.3, 0.4) is 0 Å². The van der Waals surface area contributed by atoms with Gasteiger partial charge in [-0.1, -0.05) is 0 Å². The van der Waals surface area contributed by atoms with Gasteiger partial charge in [0.25, 0.3) is 0 Å². The number of ether oxygens (including phenoxy) is 1. The molecule has 1 heterocycles. The molecule has 1 rings (SSSR count). The van der Waals surface area contributed by atoms with E-state index in [9.17, 15) is 9.90 Å². The van der Waals surface area contributed by atoms with Gasteiger partial charge in [0.15, 0.2) is 0 Å². The molecule has 0 spiro atoms. The van der Waals surface area contributed by atoms with Crippen LogP contribution in [0.15, 0.2) is 10.2 Å². The predicted octanol–water partition coefficient (Wildman–Crippen LogP) is 5.57. The molecule has 0 aromatic heterocycles. The topological polar surface area (TPSA) is 49.8 Å². The monoisotopic (exact) mass is 517 g/mol. The van der Waals surface area contributed by atoms with Gasteiger partial charge >= 0.3 is 185 Å². The van der Waals surface area contributed by atoms with Gasteiger partial charge < -0.3 is 0 Å². The number of likely N-dealkylation sites (N-methyl/N-ethyl adjacent to an activating group) is 1. The molecule has 0 radical (unpaired) electrons. The standard InChI is InChI=1S/C12H20NO3.3C4H9.Sn/c1-4-5-11(15)10-6-7-13(3)8-12(10)16-9(2)14;3*1-3-4-2;/h1,4,10-12,15H,5-8H2,2-3H3;3*1,3-4H2,2H3;. The molecule has 3 atom stereocenters. The average molecular weight is 516 g/mol. The molecular weight excluding hydrogens is 469 g/mol. The number of piperidine rings is 1. The van der Waals surface area contributed by atoms with E-state index in [4.69, 9.17) is 4.74 Å². The van der Waals surface area contributed by atoms with Crippen molar-refractivity contribution in [1.82, 2.24) is 4.90 Å². The number of nitrogens with zero attached hydrogens (tertiary/aromatic N) is 1. The Morgan fingerprint density at radius 3 is 2.17 bits per heavy atom. The number of aliphatic hydroxyl groups is 1. The molecule has 170 valence electrons. The van der Waals surface area contributed by atoms with Crippen molar-refractivity contribution in [3.05, 3.63) is 10.2 Å². The first kappa shape index (κ1) is 27.0. The zero-order valence-electron chi connectivity index (χ0n) is 19.8. The van der Waals surface area contributed by atoms with E-state index in [-0.39, 0.29) is 18.0 Å². The van der Waals surface area contributed by atoms with E-state index in [2.05, 4.69) is 42.9 Å². The van der Waals surface area contributed by atoms with Gasteiger partial charge in [-0.15, -0.1) is 0 Å². The van der Waals surface area contributed by atoms with Crippen LogP contribution in [-0.2, 0) is 9.53 Å². The summed E-state index contributed by atoms with van der Waals surface area (Å²) in [6.07, 6.45) is 11.2. The second-order valence-corrected chi connectivity index (χ2v) is 22.3. The average Bonchev–Trinajstić information content (AvgIpc) is 2.68. The minimum absolute atomic E-state index is 0.0475. The van der Waals surface area contributed by atoms with Crippen LogP contribution in [0.25, 0.3) is 0 Å². The molecule has 0 saturated carbocycles. The molecule has 3 unspecified atom stereocenters. The first-order valence-corrected chi connectivity index (χ1v) is 19.8. The molecule has 0 amide bonds. The summed E-state index contributed by atoms with van der Waals surface area (Å²) in [6.45, 7) is 10.1. The van der Waals surface area contributed by atoms with Gasteiger partial charge in [-0.3, -0.25) is 0 Å². The zero-order valence-corrected chi connectivity index (χ0v) is 22.6. The molecule has 1 fully saturated rings. The van der Waals surface area contributed by atoms with Gasteiger partial charge in [0.1, 0.15) is 0 Å². The second-order valence-electron chi connectivity index (χ2n) is 9.24. The Labute approximate surface area is 184 Å². The van der Waals surface area contributed by atoms with Crippen LogP contribution in [-0.4, -0.2) is 66.7 Å². The van der Waals surface area contributed by atoms with Crippen molar-refractivity contribution in [2.24, 2.45) is 5.92 Å². The van der Waals surface area contributed by atoms with Crippen molar-refractivity contribution in [3.63, 3.8) is 0 Å². The number of unbranched alkanes of at least 4 members (excludes halogenated alkanes) is 3. The quantitative estimate of drug-likeness (QED) is 0.243. The molecule has 4 nitrogen and oxygen atoms in total. The van der Waals surface area contributed by atoms with Gasteiger partial charge in [0.05, 0.1) is 0 Å². The first-order valence-electron chi connectivity index (χ1n) is 12.1. The fraction of sp³-hybridized carbons (Fsp3) is 0.875. The number of likely N-dealkylation sites (tertiary alicyclic amines) is 1. The third-order valence-corrected chi connectivity index (χ3v) is 20.8. The van der Waals surface area contributed by atoms with Crippen LogP contribution >= 0.6 is 0 Å². The van der Waals surface area contributed by atoms with Crippen LogP contribution in [0.5, 0.6) is 0 Å². The van der Waals surface area contributed by atoms with E-state index < -0.39 is 24.5 Å². The summed E-state index contributed by atoms with van der Waals surface area (Å²) in [5.41, 5.74) is 0. The van der Waals surface area contributed by atoms with Crippen molar-refractivity contribution in [3.8, 4) is 0 Å². The van der Waals surface area contributed by atoms with Crippen molar-refractivity contribution >= 4 is 24.3 Å². The first-order chi connectivity index (χ1) is 13.9. The summed E-state index contributed by atoms with van der Waals surface area (Å²) in [5.74, 6) is -0.196. The molecule has 0 aromatic rings. The fourth-order valence-corrected chi connectivity index (χ4v) is 19.2. The number of hydrogen-bond acceptors (Lipinski definition) is 4. The van der Waals surface area contributed by atoms with Crippen LogP contribution in [0.4, 0.5) is 0 Å². The molecule has 1 N–H and O–H groups in total. The van der Waals surface area contributed by atoms with Crippen molar-refractivity contribution in [1.29, 1.82) is 0 Å². The fourth-order valence-electron chi connectivity index (χ4n) is 4.71. The summed E-state index contributed by atoms with van der Waals surface area (Å²) in [5, 5.41) is 10.9. The number of carbonyl (C=O) groups excluding carboxylic acids is 1. The summed E-state index contributed by atoms with van der Waals surface area (Å²) < 4.78 is 12.6. The second kappa shape index (κ2) is 14.9. The third kappa shape index (κ3) is 10.2. The summed E-state index contributed by atoms with van der Waals surface area (Å²) >= 11 is -2.28. The molecular formula is C24H47NO3Sn. The number of carbonyl (C=O) groups is 1. The molecule has 29 heavy (non-hydrogen) atoms. The maximum atomic E-state index is 11.5. The Balaban J connectivity index is 2.81. The van der Waals surface area contributed by atoms with Crippen LogP contribution in [0.2, 0.25) is 13.3 Å². The zero-order chi connectivity index (χ0) is 21.7. The van der Waals surface area contributed by atoms with E-state index in [1.807, 2.05) is 0 Å². The summed E-state index contributed by atoms with van der Waals surface area (Å²) in [6, 6.07) is 0. The molecule has 5 heteroatoms. The van der Waals surface area contributed by atoms with Crippen molar-refractivity contribution in [2.45, 2.75) is 105 Å². The van der Waals surface area contributed by atoms with E-state index in [0.29, 0.717) is 6.42 Å². The Morgan fingerprint density at radius 1 is 1.14 bits per heavy atom. The summed E-state index contributed by atoms with van der Waals surface area (Å²) in [7, 11) is 2.05. The van der Waals surface area contributed by atoms with Crippen molar-refractivity contribution in [2.75, 3.05) is 20.1 Å². The van der Waals surface area contributed by atoms with Crippen LogP contribution in [0.1, 0.15) is 79.1 Å². The number of rotatable bonds is 14. The normalized spacial score (nSPS) is 22.1. The maximum absolute atomic E-state index is 11.5. The Hall–Kier alpha value is -0.0713. The Kier molecular flexibility index (Phi) is 13.8. The Morgan fingerprint density at radius 2 is 1.69 bits per heavy atom. The number of aliphatic hydroxyl groups excluding tert-OH is 1. The predicted molar refractivity (Wildman–Crippen MR) is 126 cm³/mol. The molecule has 1 aliphatic rings. The van der Waals surface area contributed by atoms with E-state index in [1.54, 1.807) is 0 Å². The van der Waals surface area contributed by atoms with E-state index in [1.165, 1.54) is 58.8 Å². The molecule has 1 saturated heterocycles. The molecule has 1 aliphatic heterocycles. The Bertz CT molecular complexity index is 461. The van der Waals surface area contributed by atoms with E-state index >= 15 is 0 Å². The number of esters is 1. The molecule has 0 aromatic carbocycles. The molecule has 0 aliphatic carbocycles. The van der Waals surface area contributed by atoms with Crippen LogP contribution < -0.4 is 0 Å². The van der Waals surface area contributed by atoms with Gasteiger partial charge in [0, 0.05) is 0 Å². The van der Waals surface area contributed by atoms with Gasteiger partial charge in [-0.05, 0) is 0 Å². The minimum atomic E-state index is -2.28. The van der Waals surface area contributed by atoms with Crippen LogP contribution in [0, 0.1) is 5.92 Å². The van der Waals surface area contributed by atoms with Gasteiger partial charge in [0.2, 0.25) is 0 Å². The van der Waals surface area contributed by atoms with E-state index in [0.717, 1.165) is 19.5 Å². The summed E-state index contributed by atoms with van der Waals surface area (Å²) in [4.78, 5) is 13.7. The number of hydrogen-bond donors (Lipinski definition) is 1. The van der Waals surface area contributed by atoms with Crippen molar-refractivity contribution < 1.29 is 14.6 Å². The SMILES string of the molecule is CCC[CH2][Sn](/[CH]=C/CC(O)C1CCN(C)CC1OC(C)=O)([CH2]CCC)[CH2]CCC. The van der Waals surface area contributed by atoms with Gasteiger partial charge in [-0.25, -0.2) is 0 Å². The third-order valence-electron chi connectivity index (χ3n) is 6.56.